The van der Waals surface area contributed by atoms with E-state index in [0.29, 0.717) is 33.4 Å². The van der Waals surface area contributed by atoms with Crippen molar-refractivity contribution in [3.05, 3.63) is 71.1 Å². The first kappa shape index (κ1) is 54.4. The third-order valence-corrected chi connectivity index (χ3v) is 14.1. The first-order valence-corrected chi connectivity index (χ1v) is 23.7. The Morgan fingerprint density at radius 3 is 1.92 bits per heavy atom. The average molecular weight is 1030 g/mol. The Kier molecular flexibility index (Phi) is 16.5. The van der Waals surface area contributed by atoms with E-state index in [0.717, 1.165) is 11.0 Å². The number of aromatic carboxylic acids is 1. The quantitative estimate of drug-likeness (QED) is 0.0415. The molecule has 25 nitrogen and oxygen atoms in total. The van der Waals surface area contributed by atoms with E-state index < -0.39 is 148 Å². The highest BCUT2D eigenvalue weighted by Gasteiger charge is 2.54. The zero-order valence-corrected chi connectivity index (χ0v) is 40.4. The zero-order chi connectivity index (χ0) is 52.9. The molecule has 0 aromatic heterocycles. The molecule has 0 bridgehead atoms. The van der Waals surface area contributed by atoms with Crippen molar-refractivity contribution in [1.82, 2.24) is 9.89 Å². The number of aliphatic hydroxyl groups is 8. The van der Waals surface area contributed by atoms with Gasteiger partial charge in [-0.25, -0.2) is 9.37 Å². The Morgan fingerprint density at radius 2 is 1.29 bits per heavy atom. The maximum absolute atomic E-state index is 13.8. The molecule has 4 aliphatic heterocycles. The molecule has 2 aromatic carbocycles. The Hall–Kier alpha value is -4.85. The van der Waals surface area contributed by atoms with Crippen LogP contribution in [-0.4, -0.2) is 222 Å². The second-order valence-electron chi connectivity index (χ2n) is 19.4. The van der Waals surface area contributed by atoms with Crippen LogP contribution in [0.5, 0.6) is 0 Å². The highest BCUT2D eigenvalue weighted by Crippen LogP contribution is 2.42. The Balaban J connectivity index is 0.978. The van der Waals surface area contributed by atoms with Crippen molar-refractivity contribution in [2.75, 3.05) is 52.8 Å². The molecule has 73 heavy (non-hydrogen) atoms. The molecule has 4 fully saturated rings. The van der Waals surface area contributed by atoms with Gasteiger partial charge in [-0.2, -0.15) is 0 Å². The minimum Gasteiger partial charge on any atom is -0.478 e. The van der Waals surface area contributed by atoms with Crippen molar-refractivity contribution in [2.24, 2.45) is 22.9 Å². The number of carbonyl (C=O) groups excluding carboxylic acids is 1. The molecule has 2 aromatic rings. The fourth-order valence-corrected chi connectivity index (χ4v) is 9.76. The molecule has 0 spiro atoms. The van der Waals surface area contributed by atoms with Crippen LogP contribution in [0.25, 0.3) is 33.4 Å². The number of rotatable bonds is 14. The molecule has 0 radical (unpaired) electrons. The maximum Gasteiger partial charge on any atom is 0.336 e. The van der Waals surface area contributed by atoms with Crippen molar-refractivity contribution >= 4 is 28.5 Å². The molecule has 6 aliphatic rings. The summed E-state index contributed by atoms with van der Waals surface area (Å²) in [6, 6.07) is 10.6. The highest BCUT2D eigenvalue weighted by atomic mass is 16.8. The molecule has 4 heterocycles. The topological polar surface area (TPSA) is 407 Å². The van der Waals surface area contributed by atoms with Gasteiger partial charge in [-0.05, 0) is 42.3 Å². The van der Waals surface area contributed by atoms with Crippen molar-refractivity contribution < 1.29 is 88.4 Å². The van der Waals surface area contributed by atoms with Crippen LogP contribution in [0.3, 0.4) is 0 Å². The number of amides is 1. The minimum atomic E-state index is -1.78. The summed E-state index contributed by atoms with van der Waals surface area (Å²) in [6.07, 6.45) is -22.9. The smallest absolute Gasteiger partial charge is 0.336 e. The molecule has 2 aliphatic carbocycles. The van der Waals surface area contributed by atoms with Gasteiger partial charge in [0.15, 0.2) is 18.9 Å². The Bertz CT molecular complexity index is 2650. The lowest BCUT2D eigenvalue weighted by molar-refractivity contribution is -0.310. The SMILES string of the molecule is CN(C)c1ccc2c(-c3ccc(C(=O)NCC4O[C@H](O[C@@H]5C(O)[C@H](O[C@@H]6C(O)[C@H](N)CC(N)[C@H]6O[C@H]6OC(CO)[C@@H](O)[C@H](O)C6N)O[C@@H]5CO)[C@H](N)C(O)[C@@H]4O)cc3C(=O)O)c3ccc(=[N+](C)C)cc-3oc2c1. The van der Waals surface area contributed by atoms with E-state index in [-0.39, 0.29) is 17.5 Å². The number of benzene rings is 3. The molecule has 1 amide bonds. The van der Waals surface area contributed by atoms with Crippen LogP contribution in [-0.2, 0) is 28.4 Å². The summed E-state index contributed by atoms with van der Waals surface area (Å²) in [5.74, 6) is -1.58. The van der Waals surface area contributed by atoms with Crippen LogP contribution in [0.15, 0.2) is 59.0 Å². The highest BCUT2D eigenvalue weighted by molar-refractivity contribution is 6.09. The minimum absolute atomic E-state index is 0.000927. The molecular weight excluding hydrogens is 963 g/mol. The molecule has 8 rings (SSSR count). The number of nitrogens with zero attached hydrogens (tertiary/aromatic N) is 2. The lowest BCUT2D eigenvalue weighted by Gasteiger charge is -2.47. The monoisotopic (exact) mass is 1030 g/mol. The van der Waals surface area contributed by atoms with Gasteiger partial charge in [0.25, 0.3) is 5.91 Å². The number of carbonyl (C=O) groups is 2. The predicted octanol–water partition coefficient (Wildman–Crippen LogP) is -5.08. The molecule has 7 unspecified atom stereocenters. The molecular formula is C48H66N7O18+. The van der Waals surface area contributed by atoms with Gasteiger partial charge < -0.3 is 112 Å². The zero-order valence-electron chi connectivity index (χ0n) is 40.4. The van der Waals surface area contributed by atoms with Crippen LogP contribution in [0.2, 0.25) is 0 Å². The first-order chi connectivity index (χ1) is 34.6. The Labute approximate surface area is 417 Å². The van der Waals surface area contributed by atoms with Crippen LogP contribution < -0.4 is 43.1 Å². The second kappa shape index (κ2) is 22.2. The number of carboxylic acid groups (broad SMARTS) is 1. The average Bonchev–Trinajstić information content (AvgIpc) is 3.66. The molecule has 25 heteroatoms. The first-order valence-electron chi connectivity index (χ1n) is 23.7. The number of anilines is 1. The second-order valence-corrected chi connectivity index (χ2v) is 19.4. The standard InChI is InChI=1S/C48H65N7O18/c1-54(2)19-6-9-22-27(12-19)67-28-13-20(55(3)4)7-10-23(28)32(22)21-8-5-18(11-24(21)45(65)66)44(64)53-15-29-36(59)38(61)33(51)46(68-29)72-42-31(17-57)70-48(40(42)63)73-43-35(58)25(49)14-26(50)41(43)71-47-34(52)39(62)37(60)30(16-56)69-47/h5-13,25-26,29-31,33-43,46-48,56-63H,14-17,49-52H2,1-4H3,(H-,53,64,65,66)/p+1/t25-,26?,29?,30?,31-,33-,34?,35?,36-,37-,38?,39-,40?,41-,42+,43-,46-,47-,48+/m1/s1. The van der Waals surface area contributed by atoms with E-state index in [4.69, 9.17) is 55.8 Å². The van der Waals surface area contributed by atoms with Crippen molar-refractivity contribution in [3.63, 3.8) is 0 Å². The fraction of sp³-hybridized carbons (Fsp3) is 0.562. The van der Waals surface area contributed by atoms with Crippen LogP contribution >= 0.6 is 0 Å². The number of hydrogen-bond acceptors (Lipinski definition) is 22. The number of ether oxygens (including phenoxy) is 6. The molecule has 400 valence electrons. The predicted molar refractivity (Wildman–Crippen MR) is 256 cm³/mol. The largest absolute Gasteiger partial charge is 0.478 e. The number of aliphatic hydroxyl groups excluding tert-OH is 8. The number of nitrogens with two attached hydrogens (primary N) is 4. The molecule has 1 saturated carbocycles. The summed E-state index contributed by atoms with van der Waals surface area (Å²) >= 11 is 0. The normalized spacial score (nSPS) is 35.8. The van der Waals surface area contributed by atoms with Gasteiger partial charge >= 0.3 is 5.97 Å². The summed E-state index contributed by atoms with van der Waals surface area (Å²) in [7, 11) is 7.55. The summed E-state index contributed by atoms with van der Waals surface area (Å²) in [4.78, 5) is 28.7. The van der Waals surface area contributed by atoms with E-state index in [1.54, 1.807) is 0 Å². The molecule has 3 saturated heterocycles. The van der Waals surface area contributed by atoms with Crippen molar-refractivity contribution in [2.45, 2.75) is 123 Å². The third-order valence-electron chi connectivity index (χ3n) is 14.1. The number of nitrogens with one attached hydrogen (secondary N) is 1. The van der Waals surface area contributed by atoms with E-state index in [9.17, 15) is 55.5 Å². The molecule has 19 atom stereocenters. The maximum atomic E-state index is 13.8. The fourth-order valence-electron chi connectivity index (χ4n) is 9.76. The van der Waals surface area contributed by atoms with Gasteiger partial charge in [-0.1, -0.05) is 6.07 Å². The van der Waals surface area contributed by atoms with Crippen LogP contribution in [0.4, 0.5) is 5.69 Å². The van der Waals surface area contributed by atoms with Gasteiger partial charge in [-0.3, -0.25) is 4.79 Å². The number of hydrogen-bond donors (Lipinski definition) is 14. The summed E-state index contributed by atoms with van der Waals surface area (Å²) in [5.41, 5.74) is 27.6. The lowest BCUT2D eigenvalue weighted by Crippen LogP contribution is -2.68. The number of carboxylic acids is 1. The number of fused-ring (bicyclic) bond motifs is 2. The van der Waals surface area contributed by atoms with E-state index in [2.05, 4.69) is 5.32 Å². The van der Waals surface area contributed by atoms with E-state index >= 15 is 0 Å². The van der Waals surface area contributed by atoms with Gasteiger partial charge in [0.1, 0.15) is 92.6 Å². The van der Waals surface area contributed by atoms with Gasteiger partial charge in [0, 0.05) is 72.6 Å². The summed E-state index contributed by atoms with van der Waals surface area (Å²) in [6.45, 7) is -1.94. The lowest BCUT2D eigenvalue weighted by atomic mass is 9.84. The van der Waals surface area contributed by atoms with Crippen LogP contribution in [0, 0.1) is 0 Å². The molecule has 18 N–H and O–H groups in total. The van der Waals surface area contributed by atoms with Gasteiger partial charge in [0.2, 0.25) is 5.36 Å². The van der Waals surface area contributed by atoms with E-state index in [1.165, 1.54) is 18.2 Å². The van der Waals surface area contributed by atoms with Gasteiger partial charge in [-0.15, -0.1) is 0 Å². The summed E-state index contributed by atoms with van der Waals surface area (Å²) < 4.78 is 43.8. The van der Waals surface area contributed by atoms with Crippen molar-refractivity contribution in [3.8, 4) is 22.5 Å². The van der Waals surface area contributed by atoms with Crippen LogP contribution in [0.1, 0.15) is 27.1 Å². The Morgan fingerprint density at radius 1 is 0.685 bits per heavy atom. The third kappa shape index (κ3) is 10.7. The summed E-state index contributed by atoms with van der Waals surface area (Å²) in [5, 5.41) is 101. The van der Waals surface area contributed by atoms with E-state index in [1.807, 2.05) is 74.1 Å². The van der Waals surface area contributed by atoms with Gasteiger partial charge in [0.05, 0.1) is 43.0 Å². The van der Waals surface area contributed by atoms with Crippen molar-refractivity contribution in [1.29, 1.82) is 0 Å².